The van der Waals surface area contributed by atoms with Gasteiger partial charge in [-0.2, -0.15) is 5.10 Å². The van der Waals surface area contributed by atoms with Crippen molar-refractivity contribution in [3.05, 3.63) is 69.6 Å². The van der Waals surface area contributed by atoms with E-state index in [1.807, 2.05) is 49.6 Å². The fraction of sp³-hybridized carbons (Fsp3) is 0.222. The summed E-state index contributed by atoms with van der Waals surface area (Å²) < 4.78 is 1.32. The molecule has 3 rings (SSSR count). The molecule has 0 atom stereocenters. The Balaban J connectivity index is 2.06. The maximum Gasteiger partial charge on any atom is 0.285 e. The summed E-state index contributed by atoms with van der Waals surface area (Å²) in [5, 5.41) is 6.70. The van der Waals surface area contributed by atoms with Crippen molar-refractivity contribution in [3.8, 4) is 0 Å². The molecule has 0 radical (unpaired) electrons. The van der Waals surface area contributed by atoms with Crippen LogP contribution in [0, 0.1) is 6.92 Å². The van der Waals surface area contributed by atoms with Crippen molar-refractivity contribution < 1.29 is 4.79 Å². The topological polar surface area (TPSA) is 68.1 Å². The van der Waals surface area contributed by atoms with E-state index in [0.29, 0.717) is 17.4 Å². The summed E-state index contributed by atoms with van der Waals surface area (Å²) in [6, 6.07) is 12.1. The van der Waals surface area contributed by atoms with Crippen molar-refractivity contribution >= 4 is 28.1 Å². The van der Waals surface area contributed by atoms with Crippen LogP contribution in [0.2, 0.25) is 0 Å². The number of hydrogen-bond donors (Lipinski definition) is 0. The Kier molecular flexibility index (Phi) is 5.04. The van der Waals surface area contributed by atoms with Gasteiger partial charge in [0.25, 0.3) is 11.5 Å². The summed E-state index contributed by atoms with van der Waals surface area (Å²) in [6.45, 7) is 4.31. The molecule has 0 aliphatic rings. The van der Waals surface area contributed by atoms with Gasteiger partial charge in [-0.05, 0) is 31.5 Å². The summed E-state index contributed by atoms with van der Waals surface area (Å²) in [5.74, 6) is -0.314. The molecule has 0 bridgehead atoms. The first-order chi connectivity index (χ1) is 12.1. The Labute approximate surface area is 149 Å². The van der Waals surface area contributed by atoms with Gasteiger partial charge in [-0.1, -0.05) is 25.1 Å². The molecule has 0 aliphatic heterocycles. The second kappa shape index (κ2) is 7.40. The lowest BCUT2D eigenvalue weighted by Crippen LogP contribution is -2.30. The maximum atomic E-state index is 13.1. The Morgan fingerprint density at radius 2 is 1.96 bits per heavy atom. The van der Waals surface area contributed by atoms with Crippen LogP contribution in [0.5, 0.6) is 0 Å². The highest BCUT2D eigenvalue weighted by atomic mass is 32.1. The first-order valence-electron chi connectivity index (χ1n) is 8.00. The summed E-state index contributed by atoms with van der Waals surface area (Å²) in [5.41, 5.74) is 1.55. The van der Waals surface area contributed by atoms with Crippen LogP contribution in [0.25, 0.3) is 0 Å². The fourth-order valence-electron chi connectivity index (χ4n) is 2.39. The summed E-state index contributed by atoms with van der Waals surface area (Å²) in [7, 11) is 0. The standard InChI is InChI=1S/C18H18N4O2S/c1-3-11-21-16(23)10-9-15(20-21)17(24)22(14-7-5-4-6-8-14)18-19-13(2)12-25-18/h4-10,12H,3,11H2,1-2H3. The van der Waals surface area contributed by atoms with Crippen LogP contribution in [-0.4, -0.2) is 20.7 Å². The van der Waals surface area contributed by atoms with Gasteiger partial charge in [0.1, 0.15) is 5.69 Å². The number of aryl methyl sites for hydroxylation is 2. The smallest absolute Gasteiger partial charge is 0.268 e. The van der Waals surface area contributed by atoms with Crippen molar-refractivity contribution in [2.24, 2.45) is 0 Å². The molecule has 0 saturated carbocycles. The molecule has 3 aromatic rings. The zero-order valence-electron chi connectivity index (χ0n) is 14.0. The van der Waals surface area contributed by atoms with E-state index in [9.17, 15) is 9.59 Å². The number of rotatable bonds is 5. The van der Waals surface area contributed by atoms with Crippen molar-refractivity contribution in [1.82, 2.24) is 14.8 Å². The predicted octanol–water partition coefficient (Wildman–Crippen LogP) is 3.40. The zero-order chi connectivity index (χ0) is 17.8. The highest BCUT2D eigenvalue weighted by molar-refractivity contribution is 7.14. The van der Waals surface area contributed by atoms with Crippen LogP contribution in [0.4, 0.5) is 10.8 Å². The van der Waals surface area contributed by atoms with E-state index in [4.69, 9.17) is 0 Å². The molecule has 7 heteroatoms. The van der Waals surface area contributed by atoms with Crippen molar-refractivity contribution in [2.75, 3.05) is 4.90 Å². The minimum atomic E-state index is -0.314. The number of carbonyl (C=O) groups is 1. The number of hydrogen-bond acceptors (Lipinski definition) is 5. The molecular weight excluding hydrogens is 336 g/mol. The SMILES string of the molecule is CCCn1nc(C(=O)N(c2ccccc2)c2nc(C)cs2)ccc1=O. The molecule has 128 valence electrons. The number of benzene rings is 1. The average molecular weight is 354 g/mol. The molecule has 0 aliphatic carbocycles. The third-order valence-corrected chi connectivity index (χ3v) is 4.48. The van der Waals surface area contributed by atoms with Crippen LogP contribution in [0.3, 0.4) is 0 Å². The van der Waals surface area contributed by atoms with E-state index >= 15 is 0 Å². The third kappa shape index (κ3) is 3.66. The number of amides is 1. The Morgan fingerprint density at radius 3 is 2.60 bits per heavy atom. The van der Waals surface area contributed by atoms with E-state index in [2.05, 4.69) is 10.1 Å². The Morgan fingerprint density at radius 1 is 1.20 bits per heavy atom. The second-order valence-corrected chi connectivity index (χ2v) is 6.36. The zero-order valence-corrected chi connectivity index (χ0v) is 14.9. The first-order valence-corrected chi connectivity index (χ1v) is 8.88. The minimum Gasteiger partial charge on any atom is -0.268 e. The highest BCUT2D eigenvalue weighted by Gasteiger charge is 2.24. The van der Waals surface area contributed by atoms with E-state index in [-0.39, 0.29) is 17.2 Å². The molecule has 0 spiro atoms. The van der Waals surface area contributed by atoms with Gasteiger partial charge in [0.2, 0.25) is 0 Å². The van der Waals surface area contributed by atoms with Crippen LogP contribution in [-0.2, 0) is 6.54 Å². The largest absolute Gasteiger partial charge is 0.285 e. The van der Waals surface area contributed by atoms with Crippen LogP contribution in [0.15, 0.2) is 52.6 Å². The van der Waals surface area contributed by atoms with Gasteiger partial charge in [0.05, 0.1) is 11.4 Å². The third-order valence-electron chi connectivity index (χ3n) is 3.54. The number of nitrogens with zero attached hydrogens (tertiary/aromatic N) is 4. The maximum absolute atomic E-state index is 13.1. The molecule has 2 aromatic heterocycles. The van der Waals surface area contributed by atoms with Gasteiger partial charge in [0, 0.05) is 18.0 Å². The lowest BCUT2D eigenvalue weighted by atomic mass is 10.2. The number of thiazole rings is 1. The molecule has 1 aromatic carbocycles. The van der Waals surface area contributed by atoms with E-state index in [1.54, 1.807) is 0 Å². The van der Waals surface area contributed by atoms with Crippen molar-refractivity contribution in [2.45, 2.75) is 26.8 Å². The number of carbonyl (C=O) groups excluding carboxylic acids is 1. The Hall–Kier alpha value is -2.80. The Bertz CT molecular complexity index is 934. The highest BCUT2D eigenvalue weighted by Crippen LogP contribution is 2.29. The monoisotopic (exact) mass is 354 g/mol. The fourth-order valence-corrected chi connectivity index (χ4v) is 3.20. The molecule has 0 N–H and O–H groups in total. The van der Waals surface area contributed by atoms with Gasteiger partial charge >= 0.3 is 0 Å². The predicted molar refractivity (Wildman–Crippen MR) is 98.6 cm³/mol. The first kappa shape index (κ1) is 17.0. The van der Waals surface area contributed by atoms with Gasteiger partial charge < -0.3 is 0 Å². The van der Waals surface area contributed by atoms with Crippen molar-refractivity contribution in [3.63, 3.8) is 0 Å². The molecule has 6 nitrogen and oxygen atoms in total. The van der Waals surface area contributed by atoms with Gasteiger partial charge in [-0.25, -0.2) is 9.67 Å². The molecule has 0 saturated heterocycles. The van der Waals surface area contributed by atoms with Crippen LogP contribution < -0.4 is 10.5 Å². The van der Waals surface area contributed by atoms with E-state index in [0.717, 1.165) is 12.1 Å². The van der Waals surface area contributed by atoms with Gasteiger partial charge in [-0.15, -0.1) is 11.3 Å². The van der Waals surface area contributed by atoms with Crippen LogP contribution >= 0.6 is 11.3 Å². The molecule has 25 heavy (non-hydrogen) atoms. The van der Waals surface area contributed by atoms with Crippen molar-refractivity contribution in [1.29, 1.82) is 0 Å². The molecule has 1 amide bonds. The average Bonchev–Trinajstić information content (AvgIpc) is 3.04. The lowest BCUT2D eigenvalue weighted by Gasteiger charge is -2.19. The van der Waals surface area contributed by atoms with Gasteiger partial charge in [-0.3, -0.25) is 14.5 Å². The number of anilines is 2. The summed E-state index contributed by atoms with van der Waals surface area (Å²) in [4.78, 5) is 31.0. The quantitative estimate of drug-likeness (QED) is 0.704. The van der Waals surface area contributed by atoms with E-state index in [1.165, 1.54) is 33.1 Å². The minimum absolute atomic E-state index is 0.213. The molecule has 0 unspecified atom stereocenters. The van der Waals surface area contributed by atoms with Gasteiger partial charge in [0.15, 0.2) is 5.13 Å². The number of aromatic nitrogens is 3. The summed E-state index contributed by atoms with van der Waals surface area (Å²) >= 11 is 1.39. The number of para-hydroxylation sites is 1. The van der Waals surface area contributed by atoms with Crippen LogP contribution in [0.1, 0.15) is 29.5 Å². The lowest BCUT2D eigenvalue weighted by molar-refractivity contribution is 0.0992. The molecule has 2 heterocycles. The van der Waals surface area contributed by atoms with E-state index < -0.39 is 0 Å². The summed E-state index contributed by atoms with van der Waals surface area (Å²) in [6.07, 6.45) is 0.763. The normalized spacial score (nSPS) is 10.6. The molecule has 0 fully saturated rings. The second-order valence-electron chi connectivity index (χ2n) is 5.53. The molecular formula is C18H18N4O2S.